The lowest BCUT2D eigenvalue weighted by atomic mass is 10.0. The van der Waals surface area contributed by atoms with Crippen LogP contribution >= 0.6 is 22.6 Å². The average molecular weight is 276 g/mol. The van der Waals surface area contributed by atoms with Crippen molar-refractivity contribution in [1.29, 1.82) is 0 Å². The third-order valence-electron chi connectivity index (χ3n) is 1.85. The topological polar surface area (TPSA) is 0 Å². The molecule has 0 aromatic rings. The maximum atomic E-state index is 12.3. The van der Waals surface area contributed by atoms with E-state index in [2.05, 4.69) is 13.8 Å². The van der Waals surface area contributed by atoms with E-state index in [0.29, 0.717) is 12.3 Å². The highest BCUT2D eigenvalue weighted by atomic mass is 127. The summed E-state index contributed by atoms with van der Waals surface area (Å²) in [6.45, 7) is 4.19. The van der Waals surface area contributed by atoms with Gasteiger partial charge in [-0.25, -0.2) is 0 Å². The predicted molar refractivity (Wildman–Crippen MR) is 52.3 cm³/mol. The van der Waals surface area contributed by atoms with Gasteiger partial charge in [0.15, 0.2) is 0 Å². The van der Waals surface area contributed by atoms with Gasteiger partial charge in [-0.3, -0.25) is 0 Å². The Hall–Kier alpha value is 0.590. The van der Waals surface area contributed by atoms with E-state index in [-0.39, 0.29) is 6.42 Å². The summed E-state index contributed by atoms with van der Waals surface area (Å²) < 4.78 is 22.0. The third-order valence-corrected chi connectivity index (χ3v) is 2.39. The SMILES string of the molecule is CCC(C)CCCC(F)(F)I. The van der Waals surface area contributed by atoms with Gasteiger partial charge >= 0.3 is 0 Å². The van der Waals surface area contributed by atoms with E-state index in [1.54, 1.807) is 0 Å². The zero-order chi connectivity index (χ0) is 8.91. The van der Waals surface area contributed by atoms with E-state index >= 15 is 0 Å². The minimum atomic E-state index is -2.49. The van der Waals surface area contributed by atoms with Gasteiger partial charge in [0, 0.05) is 6.42 Å². The van der Waals surface area contributed by atoms with Gasteiger partial charge in [-0.2, -0.15) is 8.78 Å². The van der Waals surface area contributed by atoms with Crippen LogP contribution in [0.15, 0.2) is 0 Å². The van der Waals surface area contributed by atoms with Crippen molar-refractivity contribution in [3.8, 4) is 0 Å². The van der Waals surface area contributed by atoms with E-state index in [1.165, 1.54) is 22.6 Å². The molecule has 0 saturated carbocycles. The second kappa shape index (κ2) is 5.27. The van der Waals surface area contributed by atoms with Crippen molar-refractivity contribution in [3.63, 3.8) is 0 Å². The molecule has 11 heavy (non-hydrogen) atoms. The van der Waals surface area contributed by atoms with E-state index < -0.39 is 3.93 Å². The van der Waals surface area contributed by atoms with Crippen LogP contribution in [0.4, 0.5) is 8.78 Å². The Morgan fingerprint density at radius 2 is 2.00 bits per heavy atom. The number of halogens is 3. The fourth-order valence-electron chi connectivity index (χ4n) is 0.855. The monoisotopic (exact) mass is 276 g/mol. The second-order valence-corrected chi connectivity index (χ2v) is 4.60. The van der Waals surface area contributed by atoms with Gasteiger partial charge in [0.25, 0.3) is 3.93 Å². The molecule has 1 atom stereocenters. The lowest BCUT2D eigenvalue weighted by Crippen LogP contribution is -2.04. The second-order valence-electron chi connectivity index (χ2n) is 3.02. The van der Waals surface area contributed by atoms with Crippen molar-refractivity contribution >= 4 is 22.6 Å². The summed E-state index contributed by atoms with van der Waals surface area (Å²) in [6, 6.07) is 0. The lowest BCUT2D eigenvalue weighted by molar-refractivity contribution is 0.111. The normalized spacial score (nSPS) is 15.0. The van der Waals surface area contributed by atoms with Crippen LogP contribution < -0.4 is 0 Å². The Balaban J connectivity index is 3.28. The molecular weight excluding hydrogens is 261 g/mol. The number of hydrogen-bond donors (Lipinski definition) is 0. The van der Waals surface area contributed by atoms with Gasteiger partial charge in [0.2, 0.25) is 0 Å². The maximum absolute atomic E-state index is 12.3. The zero-order valence-corrected chi connectivity index (χ0v) is 9.20. The van der Waals surface area contributed by atoms with Gasteiger partial charge in [-0.05, 0) is 34.9 Å². The van der Waals surface area contributed by atoms with E-state index in [4.69, 9.17) is 0 Å². The Bertz CT molecular complexity index is 98.8. The Labute approximate surface area is 80.9 Å². The van der Waals surface area contributed by atoms with Gasteiger partial charge in [-0.1, -0.05) is 26.7 Å². The van der Waals surface area contributed by atoms with Gasteiger partial charge in [0.05, 0.1) is 0 Å². The summed E-state index contributed by atoms with van der Waals surface area (Å²) in [5.74, 6) is 0.591. The molecule has 0 amide bonds. The molecule has 68 valence electrons. The highest BCUT2D eigenvalue weighted by molar-refractivity contribution is 14.1. The molecular formula is C8H15F2I. The highest BCUT2D eigenvalue weighted by Gasteiger charge is 2.22. The molecule has 0 aliphatic heterocycles. The molecule has 0 rings (SSSR count). The summed E-state index contributed by atoms with van der Waals surface area (Å²) in [5.41, 5.74) is 0. The quantitative estimate of drug-likeness (QED) is 0.520. The summed E-state index contributed by atoms with van der Waals surface area (Å²) in [5, 5.41) is 0. The lowest BCUT2D eigenvalue weighted by Gasteiger charge is -2.10. The van der Waals surface area contributed by atoms with Crippen LogP contribution in [0.2, 0.25) is 0 Å². The molecule has 0 radical (unpaired) electrons. The number of alkyl halides is 3. The first-order valence-corrected chi connectivity index (χ1v) is 5.10. The molecule has 0 spiro atoms. The summed E-state index contributed by atoms with van der Waals surface area (Å²) >= 11 is 1.20. The standard InChI is InChI=1S/C8H15F2I/c1-3-7(2)5-4-6-8(9,10)11/h7H,3-6H2,1-2H3. The van der Waals surface area contributed by atoms with Crippen LogP contribution in [0.5, 0.6) is 0 Å². The van der Waals surface area contributed by atoms with Crippen molar-refractivity contribution in [1.82, 2.24) is 0 Å². The minimum Gasteiger partial charge on any atom is -0.195 e. The van der Waals surface area contributed by atoms with Crippen molar-refractivity contribution in [2.24, 2.45) is 5.92 Å². The molecule has 0 aliphatic carbocycles. The third kappa shape index (κ3) is 8.50. The van der Waals surface area contributed by atoms with Crippen molar-refractivity contribution in [3.05, 3.63) is 0 Å². The van der Waals surface area contributed by atoms with Gasteiger partial charge < -0.3 is 0 Å². The van der Waals surface area contributed by atoms with Crippen LogP contribution in [0.3, 0.4) is 0 Å². The van der Waals surface area contributed by atoms with E-state index in [0.717, 1.165) is 12.8 Å². The highest BCUT2D eigenvalue weighted by Crippen LogP contribution is 2.29. The van der Waals surface area contributed by atoms with E-state index in [1.807, 2.05) is 0 Å². The molecule has 0 aromatic heterocycles. The Morgan fingerprint density at radius 1 is 1.45 bits per heavy atom. The van der Waals surface area contributed by atoms with Crippen LogP contribution in [0.1, 0.15) is 39.5 Å². The van der Waals surface area contributed by atoms with Crippen LogP contribution in [-0.4, -0.2) is 3.93 Å². The molecule has 0 nitrogen and oxygen atoms in total. The fourth-order valence-corrected chi connectivity index (χ4v) is 1.24. The van der Waals surface area contributed by atoms with Gasteiger partial charge in [-0.15, -0.1) is 0 Å². The first-order chi connectivity index (χ1) is 4.95. The smallest absolute Gasteiger partial charge is 0.195 e. The van der Waals surface area contributed by atoms with Crippen LogP contribution in [-0.2, 0) is 0 Å². The molecule has 1 unspecified atom stereocenters. The predicted octanol–water partition coefficient (Wildman–Crippen LogP) is 4.23. The van der Waals surface area contributed by atoms with E-state index in [9.17, 15) is 8.78 Å². The molecule has 3 heteroatoms. The Morgan fingerprint density at radius 3 is 2.36 bits per heavy atom. The van der Waals surface area contributed by atoms with Gasteiger partial charge in [0.1, 0.15) is 0 Å². The minimum absolute atomic E-state index is 0.0257. The average Bonchev–Trinajstić information content (AvgIpc) is 1.85. The molecule has 0 aliphatic rings. The Kier molecular flexibility index (Phi) is 5.56. The molecule has 0 N–H and O–H groups in total. The largest absolute Gasteiger partial charge is 0.296 e. The number of hydrogen-bond acceptors (Lipinski definition) is 0. The summed E-state index contributed by atoms with van der Waals surface area (Å²) in [7, 11) is 0. The van der Waals surface area contributed by atoms with Crippen molar-refractivity contribution < 1.29 is 8.78 Å². The molecule has 0 fully saturated rings. The maximum Gasteiger partial charge on any atom is 0.296 e. The first-order valence-electron chi connectivity index (χ1n) is 4.02. The fraction of sp³-hybridized carbons (Fsp3) is 1.00. The summed E-state index contributed by atoms with van der Waals surface area (Å²) in [4.78, 5) is 0. The molecule has 0 saturated heterocycles. The zero-order valence-electron chi connectivity index (χ0n) is 7.04. The summed E-state index contributed by atoms with van der Waals surface area (Å²) in [6.07, 6.45) is 2.69. The van der Waals surface area contributed by atoms with Crippen molar-refractivity contribution in [2.45, 2.75) is 43.5 Å². The first kappa shape index (κ1) is 11.6. The van der Waals surface area contributed by atoms with Crippen LogP contribution in [0, 0.1) is 5.92 Å². The molecule has 0 bridgehead atoms. The number of rotatable bonds is 5. The molecule has 0 heterocycles. The van der Waals surface area contributed by atoms with Crippen LogP contribution in [0.25, 0.3) is 0 Å². The molecule has 0 aromatic carbocycles. The van der Waals surface area contributed by atoms with Crippen molar-refractivity contribution in [2.75, 3.05) is 0 Å².